The van der Waals surface area contributed by atoms with Crippen molar-refractivity contribution in [2.75, 3.05) is 44.9 Å². The summed E-state index contributed by atoms with van der Waals surface area (Å²) in [7, 11) is -2.57. The van der Waals surface area contributed by atoms with Gasteiger partial charge in [0.2, 0.25) is 10.0 Å². The summed E-state index contributed by atoms with van der Waals surface area (Å²) in [5.74, 6) is 0.273. The van der Waals surface area contributed by atoms with Crippen LogP contribution in [0.25, 0.3) is 0 Å². The number of nitrogens with one attached hydrogen (secondary N) is 1. The summed E-state index contributed by atoms with van der Waals surface area (Å²) < 4.78 is 47.3. The van der Waals surface area contributed by atoms with Crippen molar-refractivity contribution in [3.8, 4) is 5.75 Å². The van der Waals surface area contributed by atoms with E-state index in [1.165, 1.54) is 11.1 Å². The molecule has 46 heavy (non-hydrogen) atoms. The lowest BCUT2D eigenvalue weighted by Crippen LogP contribution is -2.49. The Bertz CT molecular complexity index is 1570. The Balaban J connectivity index is 1.39. The van der Waals surface area contributed by atoms with Crippen molar-refractivity contribution < 1.29 is 32.5 Å². The lowest BCUT2D eigenvalue weighted by molar-refractivity contribution is 0.0156. The molecule has 1 saturated carbocycles. The second kappa shape index (κ2) is 13.8. The number of ether oxygens (including phenoxy) is 3. The van der Waals surface area contributed by atoms with Gasteiger partial charge >= 0.3 is 0 Å². The number of benzene rings is 2. The minimum Gasteiger partial charge on any atom is -0.490 e. The second-order valence-corrected chi connectivity index (χ2v) is 15.6. The highest BCUT2D eigenvalue weighted by Gasteiger charge is 2.44. The van der Waals surface area contributed by atoms with Crippen molar-refractivity contribution in [1.82, 2.24) is 4.72 Å². The Morgan fingerprint density at radius 2 is 2.02 bits per heavy atom. The number of aryl methyl sites for hydroxylation is 1. The summed E-state index contributed by atoms with van der Waals surface area (Å²) in [6.07, 6.45) is 7.55. The van der Waals surface area contributed by atoms with Crippen LogP contribution in [0.1, 0.15) is 66.9 Å². The van der Waals surface area contributed by atoms with Crippen LogP contribution in [0.15, 0.2) is 48.6 Å². The zero-order valence-electron chi connectivity index (χ0n) is 26.6. The van der Waals surface area contributed by atoms with Crippen molar-refractivity contribution in [3.05, 3.63) is 70.3 Å². The fourth-order valence-electron chi connectivity index (χ4n) is 7.86. The largest absolute Gasteiger partial charge is 0.490 e. The monoisotopic (exact) mass is 672 g/mol. The molecule has 1 amide bonds. The Morgan fingerprint density at radius 3 is 2.78 bits per heavy atom. The number of anilines is 1. The Kier molecular flexibility index (Phi) is 10.0. The predicted molar refractivity (Wildman–Crippen MR) is 178 cm³/mol. The number of nitrogens with zero attached hydrogens (tertiary/aromatic N) is 1. The minimum absolute atomic E-state index is 0.0650. The third-order valence-corrected chi connectivity index (χ3v) is 12.6. The van der Waals surface area contributed by atoms with Crippen LogP contribution >= 0.6 is 11.6 Å². The molecule has 2 aromatic rings. The van der Waals surface area contributed by atoms with Gasteiger partial charge in [-0.2, -0.15) is 0 Å². The molecule has 0 aromatic heterocycles. The van der Waals surface area contributed by atoms with E-state index >= 15 is 0 Å². The smallest absolute Gasteiger partial charge is 0.264 e. The van der Waals surface area contributed by atoms with Gasteiger partial charge in [0, 0.05) is 36.2 Å². The first-order valence-electron chi connectivity index (χ1n) is 16.5. The second-order valence-electron chi connectivity index (χ2n) is 13.3. The van der Waals surface area contributed by atoms with Crippen LogP contribution in [0.4, 0.5) is 5.69 Å². The van der Waals surface area contributed by atoms with Crippen molar-refractivity contribution in [1.29, 1.82) is 0 Å². The van der Waals surface area contributed by atoms with Crippen LogP contribution in [0, 0.1) is 11.8 Å². The van der Waals surface area contributed by atoms with Crippen LogP contribution in [0.3, 0.4) is 0 Å². The summed E-state index contributed by atoms with van der Waals surface area (Å²) in [5.41, 5.74) is 3.21. The van der Waals surface area contributed by atoms with Gasteiger partial charge in [0.1, 0.15) is 11.0 Å². The van der Waals surface area contributed by atoms with E-state index < -0.39 is 33.4 Å². The van der Waals surface area contributed by atoms with E-state index in [1.54, 1.807) is 38.3 Å². The molecule has 2 aromatic carbocycles. The highest BCUT2D eigenvalue weighted by atomic mass is 35.5. The summed E-state index contributed by atoms with van der Waals surface area (Å²) in [5, 5.41) is 11.0. The average molecular weight is 673 g/mol. The van der Waals surface area contributed by atoms with Gasteiger partial charge in [0.15, 0.2) is 0 Å². The van der Waals surface area contributed by atoms with Crippen molar-refractivity contribution in [3.63, 3.8) is 0 Å². The molecule has 2 bridgehead atoms. The van der Waals surface area contributed by atoms with Gasteiger partial charge in [-0.15, -0.1) is 0 Å². The number of carbonyl (C=O) groups is 1. The molecule has 1 unspecified atom stereocenters. The van der Waals surface area contributed by atoms with E-state index in [1.807, 2.05) is 12.1 Å². The van der Waals surface area contributed by atoms with E-state index in [0.29, 0.717) is 32.1 Å². The SMILES string of the molecule is CC[C@H]1C(OCCOC)C/C=C/[C@H](O)[C@@H]2CC[C@H]2CN2C[C@@]3(CCCc4cc(Cl)ccc43)COc3ccc(cc32)C(=O)NS1(=O)=O. The number of rotatable bonds is 5. The van der Waals surface area contributed by atoms with Crippen LogP contribution in [0.5, 0.6) is 5.75 Å². The molecule has 11 heteroatoms. The number of methoxy groups -OCH3 is 1. The van der Waals surface area contributed by atoms with Gasteiger partial charge in [0.25, 0.3) is 5.91 Å². The van der Waals surface area contributed by atoms with E-state index in [4.69, 9.17) is 25.8 Å². The molecule has 4 aliphatic rings. The number of amides is 1. The zero-order valence-corrected chi connectivity index (χ0v) is 28.2. The third kappa shape index (κ3) is 6.69. The van der Waals surface area contributed by atoms with Crippen LogP contribution in [-0.2, 0) is 31.3 Å². The third-order valence-electron chi connectivity index (χ3n) is 10.4. The molecule has 250 valence electrons. The summed E-state index contributed by atoms with van der Waals surface area (Å²) in [6, 6.07) is 11.3. The van der Waals surface area contributed by atoms with E-state index in [0.717, 1.165) is 42.8 Å². The number of aliphatic hydroxyl groups excluding tert-OH is 1. The normalized spacial score (nSPS) is 31.4. The fraction of sp³-hybridized carbons (Fsp3) is 0.571. The maximum Gasteiger partial charge on any atom is 0.264 e. The molecule has 2 heterocycles. The number of carbonyl (C=O) groups excluding carboxylic acids is 1. The van der Waals surface area contributed by atoms with E-state index in [2.05, 4.69) is 21.8 Å². The average Bonchev–Trinajstić information content (AvgIpc) is 3.15. The summed E-state index contributed by atoms with van der Waals surface area (Å²) >= 11 is 6.40. The Labute approximate surface area is 277 Å². The maximum absolute atomic E-state index is 13.7. The molecular formula is C35H45ClN2O7S. The van der Waals surface area contributed by atoms with Crippen LogP contribution in [0.2, 0.25) is 5.02 Å². The lowest BCUT2D eigenvalue weighted by atomic mass is 9.68. The number of aliphatic hydroxyl groups is 1. The molecule has 6 rings (SSSR count). The highest BCUT2D eigenvalue weighted by molar-refractivity contribution is 7.90. The van der Waals surface area contributed by atoms with Crippen LogP contribution in [-0.4, -0.2) is 76.9 Å². The lowest BCUT2D eigenvalue weighted by Gasteiger charge is -2.45. The molecular weight excluding hydrogens is 628 g/mol. The van der Waals surface area contributed by atoms with Crippen molar-refractivity contribution >= 4 is 33.2 Å². The van der Waals surface area contributed by atoms with E-state index in [-0.39, 0.29) is 42.3 Å². The van der Waals surface area contributed by atoms with Crippen molar-refractivity contribution in [2.24, 2.45) is 11.8 Å². The van der Waals surface area contributed by atoms with Gasteiger partial charge in [-0.05, 0) is 98.2 Å². The van der Waals surface area contributed by atoms with Crippen molar-refractivity contribution in [2.45, 2.75) is 74.7 Å². The van der Waals surface area contributed by atoms with Gasteiger partial charge in [0.05, 0.1) is 37.7 Å². The molecule has 0 saturated heterocycles. The number of sulfonamides is 1. The number of hydrogen-bond donors (Lipinski definition) is 2. The number of fused-ring (bicyclic) bond motifs is 4. The van der Waals surface area contributed by atoms with E-state index in [9.17, 15) is 18.3 Å². The summed E-state index contributed by atoms with van der Waals surface area (Å²) in [6.45, 7) is 4.12. The van der Waals surface area contributed by atoms with Gasteiger partial charge in [-0.1, -0.05) is 36.7 Å². The number of hydrogen-bond acceptors (Lipinski definition) is 8. The molecule has 1 spiro atoms. The maximum atomic E-state index is 13.7. The topological polar surface area (TPSA) is 114 Å². The zero-order chi connectivity index (χ0) is 32.5. The standard InChI is InChI=1S/C35H45ClN2O7S/c1-3-33-32(44-17-16-43-2)8-4-7-30(39)27-12-9-25(27)20-38-21-35(15-5-6-23-18-26(36)11-13-28(23)35)22-45-31-14-10-24(19-29(31)38)34(40)37-46(33,41)42/h4,7,10-11,13-14,18-19,25,27,30,32-33,39H,3,5-6,8-9,12,15-17,20-22H2,1-2H3,(H,37,40)/b7-4+/t25-,27+,30-,32?,33-,35-/m0/s1. The molecule has 6 atom stereocenters. The molecule has 2 aliphatic heterocycles. The summed E-state index contributed by atoms with van der Waals surface area (Å²) in [4.78, 5) is 15.9. The Hall–Kier alpha value is -2.63. The van der Waals surface area contributed by atoms with Gasteiger partial charge < -0.3 is 24.2 Å². The first-order chi connectivity index (χ1) is 22.1. The van der Waals surface area contributed by atoms with Gasteiger partial charge in [-0.25, -0.2) is 13.1 Å². The number of halogens is 1. The minimum atomic E-state index is -4.13. The fourth-order valence-corrected chi connectivity index (χ4v) is 9.61. The van der Waals surface area contributed by atoms with Gasteiger partial charge in [-0.3, -0.25) is 4.79 Å². The Morgan fingerprint density at radius 1 is 1.17 bits per heavy atom. The molecule has 2 N–H and O–H groups in total. The molecule has 0 radical (unpaired) electrons. The first-order valence-corrected chi connectivity index (χ1v) is 18.4. The first kappa shape index (κ1) is 33.3. The molecule has 1 fully saturated rings. The molecule has 9 nitrogen and oxygen atoms in total. The molecule has 2 aliphatic carbocycles. The van der Waals surface area contributed by atoms with Crippen LogP contribution < -0.4 is 14.4 Å². The quantitative estimate of drug-likeness (QED) is 0.336. The predicted octanol–water partition coefficient (Wildman–Crippen LogP) is 5.03. The highest BCUT2D eigenvalue weighted by Crippen LogP contribution is 2.46.